The normalized spacial score (nSPS) is 19.2. The fraction of sp³-hybridized carbons (Fsp3) is 0.567. The molecule has 8 atom stereocenters. The fourth-order valence-electron chi connectivity index (χ4n) is 4.68. The van der Waals surface area contributed by atoms with Crippen LogP contribution < -0.4 is 38.3 Å². The number of carbonyl (C=O) groups excluding carboxylic acids is 4. The van der Waals surface area contributed by atoms with E-state index in [1.807, 2.05) is 0 Å². The number of carboxylic acid groups (broad SMARTS) is 4. The number of aliphatic hydroxyl groups is 3. The minimum absolute atomic E-state index is 0.111. The van der Waals surface area contributed by atoms with Crippen molar-refractivity contribution >= 4 is 80.3 Å². The van der Waals surface area contributed by atoms with Crippen molar-refractivity contribution in [3.8, 4) is 0 Å². The van der Waals surface area contributed by atoms with Crippen molar-refractivity contribution in [1.29, 1.82) is 0 Å². The topological polar surface area (TPSA) is 451 Å². The molecule has 3 heterocycles. The number of nitrogens with two attached hydrogens (primary N) is 2. The molecule has 0 aliphatic carbocycles. The SMILES string of the molecule is N[C@@H](CCC(=O)N[C@@H](CSSC[C@H](NC(=O)CC[C@H](N)C(=O)O)C(=O)NCC(=O)O)C(=O)NCC(=O)O)C(=O)O.O=c1[nH]cnc2c1ncn2[C@@H]1O[C@H](CO)[C@@H](O)[C@H]1O. The fourth-order valence-corrected chi connectivity index (χ4v) is 7.01. The van der Waals surface area contributed by atoms with Gasteiger partial charge in [0, 0.05) is 24.3 Å². The van der Waals surface area contributed by atoms with E-state index in [1.165, 1.54) is 17.2 Å². The molecule has 1 fully saturated rings. The minimum Gasteiger partial charge on any atom is -0.480 e. The van der Waals surface area contributed by atoms with E-state index in [1.54, 1.807) is 0 Å². The van der Waals surface area contributed by atoms with Gasteiger partial charge in [-0.3, -0.25) is 47.7 Å². The molecule has 4 amide bonds. The van der Waals surface area contributed by atoms with Crippen LogP contribution in [0.3, 0.4) is 0 Å². The number of aromatic nitrogens is 4. The average molecular weight is 881 g/mol. The monoisotopic (exact) mass is 880 g/mol. The summed E-state index contributed by atoms with van der Waals surface area (Å²) in [6.07, 6.45) is -2.91. The highest BCUT2D eigenvalue weighted by Crippen LogP contribution is 2.30. The Hall–Kier alpha value is -5.43. The summed E-state index contributed by atoms with van der Waals surface area (Å²) in [5, 5.41) is 72.7. The number of carbonyl (C=O) groups is 8. The number of fused-ring (bicyclic) bond motifs is 1. The first-order chi connectivity index (χ1) is 27.8. The summed E-state index contributed by atoms with van der Waals surface area (Å²) in [4.78, 5) is 114. The summed E-state index contributed by atoms with van der Waals surface area (Å²) in [7, 11) is 1.89. The number of aliphatic carboxylic acids is 4. The van der Waals surface area contributed by atoms with Crippen molar-refractivity contribution in [3.05, 3.63) is 23.0 Å². The second-order valence-corrected chi connectivity index (χ2v) is 14.8. The first kappa shape index (κ1) is 49.7. The van der Waals surface area contributed by atoms with Crippen molar-refractivity contribution in [2.24, 2.45) is 11.5 Å². The van der Waals surface area contributed by atoms with Gasteiger partial charge in [0.1, 0.15) is 55.6 Å². The predicted molar refractivity (Wildman–Crippen MR) is 201 cm³/mol. The van der Waals surface area contributed by atoms with Gasteiger partial charge in [0.25, 0.3) is 5.56 Å². The second-order valence-electron chi connectivity index (χ2n) is 12.3. The molecule has 0 saturated carbocycles. The lowest BCUT2D eigenvalue weighted by molar-refractivity contribution is -0.140. The van der Waals surface area contributed by atoms with Gasteiger partial charge in [-0.1, -0.05) is 21.6 Å². The average Bonchev–Trinajstić information content (AvgIpc) is 3.74. The van der Waals surface area contributed by atoms with Crippen LogP contribution in [0, 0.1) is 0 Å². The van der Waals surface area contributed by atoms with Crippen LogP contribution in [0.15, 0.2) is 17.4 Å². The molecule has 16 N–H and O–H groups in total. The van der Waals surface area contributed by atoms with E-state index in [4.69, 9.17) is 41.7 Å². The molecule has 0 spiro atoms. The minimum atomic E-state index is -1.34. The van der Waals surface area contributed by atoms with Crippen molar-refractivity contribution in [2.75, 3.05) is 31.2 Å². The molecule has 1 aliphatic rings. The molecular weight excluding hydrogens is 837 g/mol. The lowest BCUT2D eigenvalue weighted by Gasteiger charge is -2.20. The largest absolute Gasteiger partial charge is 0.480 e. The third kappa shape index (κ3) is 16.4. The van der Waals surface area contributed by atoms with Crippen LogP contribution in [0.25, 0.3) is 11.2 Å². The van der Waals surface area contributed by atoms with Gasteiger partial charge in [0.15, 0.2) is 17.4 Å². The van der Waals surface area contributed by atoms with Crippen LogP contribution in [0.1, 0.15) is 31.9 Å². The van der Waals surface area contributed by atoms with Gasteiger partial charge in [-0.25, -0.2) is 9.97 Å². The van der Waals surface area contributed by atoms with Crippen LogP contribution in [0.4, 0.5) is 0 Å². The summed E-state index contributed by atoms with van der Waals surface area (Å²) >= 11 is 0. The maximum atomic E-state index is 12.4. The number of aromatic amines is 1. The zero-order valence-corrected chi connectivity index (χ0v) is 32.3. The first-order valence-corrected chi connectivity index (χ1v) is 19.6. The van der Waals surface area contributed by atoms with Gasteiger partial charge >= 0.3 is 23.9 Å². The van der Waals surface area contributed by atoms with Crippen LogP contribution in [-0.2, 0) is 43.1 Å². The van der Waals surface area contributed by atoms with Crippen LogP contribution >= 0.6 is 21.6 Å². The molecular formula is C30H44N10O17S2. The Labute approximate surface area is 339 Å². The van der Waals surface area contributed by atoms with Gasteiger partial charge in [0.05, 0.1) is 19.3 Å². The second kappa shape index (κ2) is 24.5. The number of hydrogen-bond acceptors (Lipinski definition) is 19. The van der Waals surface area contributed by atoms with Crippen molar-refractivity contribution in [1.82, 2.24) is 40.8 Å². The van der Waals surface area contributed by atoms with Crippen molar-refractivity contribution in [3.63, 3.8) is 0 Å². The highest BCUT2D eigenvalue weighted by atomic mass is 33.1. The summed E-state index contributed by atoms with van der Waals surface area (Å²) in [5.74, 6) is -8.81. The number of nitrogens with one attached hydrogen (secondary N) is 5. The third-order valence-corrected chi connectivity index (χ3v) is 10.3. The molecule has 0 aromatic carbocycles. The maximum absolute atomic E-state index is 12.4. The summed E-state index contributed by atoms with van der Waals surface area (Å²) < 4.78 is 6.70. The van der Waals surface area contributed by atoms with E-state index in [9.17, 15) is 53.4 Å². The number of aliphatic hydroxyl groups excluding tert-OH is 3. The molecule has 2 aromatic rings. The van der Waals surface area contributed by atoms with E-state index in [0.717, 1.165) is 21.6 Å². The Bertz CT molecular complexity index is 1790. The van der Waals surface area contributed by atoms with Crippen molar-refractivity contribution in [2.45, 2.75) is 74.4 Å². The van der Waals surface area contributed by atoms with E-state index in [0.29, 0.717) is 0 Å². The molecule has 27 nitrogen and oxygen atoms in total. The first-order valence-electron chi connectivity index (χ1n) is 17.1. The smallest absolute Gasteiger partial charge is 0.322 e. The molecule has 59 heavy (non-hydrogen) atoms. The molecule has 328 valence electrons. The maximum Gasteiger partial charge on any atom is 0.322 e. The number of H-pyrrole nitrogens is 1. The quantitative estimate of drug-likeness (QED) is 0.0365. The Morgan fingerprint density at radius 2 is 1.27 bits per heavy atom. The van der Waals surface area contributed by atoms with Crippen LogP contribution in [-0.4, -0.2) is 176 Å². The Morgan fingerprint density at radius 1 is 0.797 bits per heavy atom. The molecule has 1 aliphatic heterocycles. The van der Waals surface area contributed by atoms with Gasteiger partial charge in [0.2, 0.25) is 23.6 Å². The van der Waals surface area contributed by atoms with Crippen molar-refractivity contribution < 1.29 is 78.8 Å². The molecule has 29 heteroatoms. The molecule has 0 radical (unpaired) electrons. The zero-order valence-electron chi connectivity index (χ0n) is 30.7. The molecule has 1 saturated heterocycles. The lowest BCUT2D eigenvalue weighted by atomic mass is 10.1. The zero-order chi connectivity index (χ0) is 44.4. The number of nitrogens with zero attached hydrogens (tertiary/aromatic N) is 3. The molecule has 0 unspecified atom stereocenters. The molecule has 2 aromatic heterocycles. The number of amides is 4. The van der Waals surface area contributed by atoms with E-state index in [2.05, 4.69) is 36.2 Å². The highest BCUT2D eigenvalue weighted by Gasteiger charge is 2.44. The molecule has 0 bridgehead atoms. The van der Waals surface area contributed by atoms with E-state index >= 15 is 0 Å². The summed E-state index contributed by atoms with van der Waals surface area (Å²) in [5.41, 5.74) is 10.6. The summed E-state index contributed by atoms with van der Waals surface area (Å²) in [6, 6.07) is -5.16. The highest BCUT2D eigenvalue weighted by molar-refractivity contribution is 8.76. The Balaban J connectivity index is 0.000000516. The standard InChI is InChI=1S/C20H32N6O12S2.C10H12N4O5/c21-9(19(35)36)1-3-13(27)25-11(17(33)23-5-15(29)30)7-39-40-8-12(18(34)24-6-16(31)32)26-14(28)4-2-10(22)20(37)38;15-1-4-6(16)7(17)10(19-4)14-3-13-5-8(14)11-2-12-9(5)18/h9-12H,1-8,21-22H2,(H,23,33)(H,24,34)(H,25,27)(H,26,28)(H,29,30)(H,31,32)(H,35,36)(H,37,38);2-4,6-7,10,15-17H,1H2,(H,11,12,18)/t9-,10-,11-,12-;4-,6-,7-,10-/m01/s1. The van der Waals surface area contributed by atoms with E-state index < -0.39 is 121 Å². The van der Waals surface area contributed by atoms with Gasteiger partial charge < -0.3 is 78.2 Å². The van der Waals surface area contributed by atoms with Gasteiger partial charge in [-0.05, 0) is 12.8 Å². The number of carboxylic acids is 4. The number of imidazole rings is 1. The third-order valence-electron chi connectivity index (χ3n) is 7.84. The van der Waals surface area contributed by atoms with E-state index in [-0.39, 0.29) is 48.4 Å². The van der Waals surface area contributed by atoms with Crippen LogP contribution in [0.2, 0.25) is 0 Å². The summed E-state index contributed by atoms with van der Waals surface area (Å²) in [6.45, 7) is -1.90. The lowest BCUT2D eigenvalue weighted by Crippen LogP contribution is -2.50. The van der Waals surface area contributed by atoms with Crippen LogP contribution in [0.5, 0.6) is 0 Å². The van der Waals surface area contributed by atoms with Gasteiger partial charge in [-0.2, -0.15) is 0 Å². The number of hydrogen-bond donors (Lipinski definition) is 14. The Kier molecular flexibility index (Phi) is 20.6. The predicted octanol–water partition coefficient (Wildman–Crippen LogP) is -6.15. The van der Waals surface area contributed by atoms with Gasteiger partial charge in [-0.15, -0.1) is 0 Å². The number of rotatable bonds is 23. The molecule has 3 rings (SSSR count). The Morgan fingerprint density at radius 3 is 1.68 bits per heavy atom. The number of ether oxygens (including phenoxy) is 1.